The second-order valence-electron chi connectivity index (χ2n) is 5.42. The summed E-state index contributed by atoms with van der Waals surface area (Å²) in [6, 6.07) is 5.20. The average Bonchev–Trinajstić information content (AvgIpc) is 2.42. The van der Waals surface area contributed by atoms with Crippen LogP contribution in [0.5, 0.6) is 0 Å². The van der Waals surface area contributed by atoms with Crippen LogP contribution in [0.15, 0.2) is 29.5 Å². The summed E-state index contributed by atoms with van der Waals surface area (Å²) in [4.78, 5) is 12.3. The number of carbonyl (C=O) groups is 1. The lowest BCUT2D eigenvalue weighted by atomic mass is 10.0. The zero-order valence-electron chi connectivity index (χ0n) is 12.8. The molecule has 1 aliphatic heterocycles. The van der Waals surface area contributed by atoms with E-state index in [-0.39, 0.29) is 12.2 Å². The summed E-state index contributed by atoms with van der Waals surface area (Å²) in [7, 11) is 0. The largest absolute Gasteiger partial charge is 0.457 e. The van der Waals surface area contributed by atoms with Gasteiger partial charge in [-0.25, -0.2) is 9.18 Å². The van der Waals surface area contributed by atoms with Crippen LogP contribution in [-0.4, -0.2) is 23.8 Å². The molecule has 0 fully saturated rings. The molecule has 0 bridgehead atoms. The van der Waals surface area contributed by atoms with Gasteiger partial charge in [-0.1, -0.05) is 29.3 Å². The van der Waals surface area contributed by atoms with Crippen LogP contribution in [0.2, 0.25) is 0 Å². The molecule has 0 spiro atoms. The molecule has 4 nitrogen and oxygen atoms in total. The van der Waals surface area contributed by atoms with Gasteiger partial charge in [-0.2, -0.15) is 0 Å². The number of hydrogen-bond donors (Lipinski definition) is 2. The third kappa shape index (κ3) is 3.82. The van der Waals surface area contributed by atoms with Crippen molar-refractivity contribution in [2.24, 2.45) is 0 Å². The standard InChI is InChI=1S/C16H19FN2O2S/c1-9-4-10(2)6-12(5-9)8-21-15(20)14-11(3)18-16(22)19-13(14)7-17/h4-6,13H,7-8H2,1-3H3,(H2,18,19,22). The lowest BCUT2D eigenvalue weighted by Crippen LogP contribution is -2.50. The quantitative estimate of drug-likeness (QED) is 0.659. The van der Waals surface area contributed by atoms with Crippen molar-refractivity contribution in [3.8, 4) is 0 Å². The van der Waals surface area contributed by atoms with Gasteiger partial charge in [0.25, 0.3) is 0 Å². The van der Waals surface area contributed by atoms with Crippen molar-refractivity contribution in [2.75, 3.05) is 6.67 Å². The van der Waals surface area contributed by atoms with Gasteiger partial charge in [-0.15, -0.1) is 0 Å². The zero-order chi connectivity index (χ0) is 16.3. The van der Waals surface area contributed by atoms with Gasteiger partial charge in [-0.05, 0) is 38.6 Å². The Morgan fingerprint density at radius 3 is 2.50 bits per heavy atom. The monoisotopic (exact) mass is 322 g/mol. The summed E-state index contributed by atoms with van der Waals surface area (Å²) in [5.74, 6) is -0.540. The van der Waals surface area contributed by atoms with E-state index in [1.807, 2.05) is 32.0 Å². The number of rotatable bonds is 4. The summed E-state index contributed by atoms with van der Waals surface area (Å²) in [6.07, 6.45) is 0. The van der Waals surface area contributed by atoms with Gasteiger partial charge < -0.3 is 15.4 Å². The molecule has 0 radical (unpaired) electrons. The maximum Gasteiger partial charge on any atom is 0.338 e. The predicted octanol–water partition coefficient (Wildman–Crippen LogP) is 2.44. The summed E-state index contributed by atoms with van der Waals surface area (Å²) >= 11 is 4.96. The highest BCUT2D eigenvalue weighted by Gasteiger charge is 2.29. The minimum absolute atomic E-state index is 0.154. The number of thiocarbonyl (C=S) groups is 1. The van der Waals surface area contributed by atoms with Crippen LogP contribution in [-0.2, 0) is 16.1 Å². The van der Waals surface area contributed by atoms with Gasteiger partial charge in [0, 0.05) is 5.70 Å². The first-order valence-corrected chi connectivity index (χ1v) is 7.40. The molecule has 1 atom stereocenters. The molecule has 0 aromatic heterocycles. The molecule has 1 aromatic rings. The molecule has 1 aromatic carbocycles. The van der Waals surface area contributed by atoms with Gasteiger partial charge >= 0.3 is 5.97 Å². The topological polar surface area (TPSA) is 50.4 Å². The van der Waals surface area contributed by atoms with Crippen LogP contribution in [0, 0.1) is 13.8 Å². The lowest BCUT2D eigenvalue weighted by Gasteiger charge is -2.27. The van der Waals surface area contributed by atoms with Crippen molar-refractivity contribution >= 4 is 23.3 Å². The Labute approximate surface area is 134 Å². The van der Waals surface area contributed by atoms with Crippen molar-refractivity contribution in [3.63, 3.8) is 0 Å². The molecular weight excluding hydrogens is 303 g/mol. The molecular formula is C16H19FN2O2S. The Bertz CT molecular complexity index is 623. The fourth-order valence-corrected chi connectivity index (χ4v) is 2.85. The van der Waals surface area contributed by atoms with E-state index in [4.69, 9.17) is 17.0 Å². The first kappa shape index (κ1) is 16.4. The molecule has 118 valence electrons. The Morgan fingerprint density at radius 1 is 1.27 bits per heavy atom. The Kier molecular flexibility index (Phi) is 5.13. The molecule has 6 heteroatoms. The number of carbonyl (C=O) groups excluding carboxylic acids is 1. The van der Waals surface area contributed by atoms with Crippen LogP contribution in [0.25, 0.3) is 0 Å². The van der Waals surface area contributed by atoms with E-state index in [1.165, 1.54) is 0 Å². The van der Waals surface area contributed by atoms with Gasteiger partial charge in [0.2, 0.25) is 0 Å². The maximum absolute atomic E-state index is 13.1. The van der Waals surface area contributed by atoms with E-state index in [2.05, 4.69) is 10.6 Å². The molecule has 0 saturated heterocycles. The second kappa shape index (κ2) is 6.87. The number of ether oxygens (including phenoxy) is 1. The number of halogens is 1. The van der Waals surface area contributed by atoms with Crippen molar-refractivity contribution in [1.29, 1.82) is 0 Å². The smallest absolute Gasteiger partial charge is 0.338 e. The third-order valence-electron chi connectivity index (χ3n) is 3.38. The number of hydrogen-bond acceptors (Lipinski definition) is 3. The lowest BCUT2D eigenvalue weighted by molar-refractivity contribution is -0.140. The summed E-state index contributed by atoms with van der Waals surface area (Å²) in [6.45, 7) is 5.08. The molecule has 1 unspecified atom stereocenters. The fraction of sp³-hybridized carbons (Fsp3) is 0.375. The van der Waals surface area contributed by atoms with Crippen molar-refractivity contribution in [1.82, 2.24) is 10.6 Å². The Hall–Kier alpha value is -1.95. The minimum atomic E-state index is -0.763. The highest BCUT2D eigenvalue weighted by atomic mass is 32.1. The van der Waals surface area contributed by atoms with Crippen LogP contribution in [0.1, 0.15) is 23.6 Å². The molecule has 2 N–H and O–H groups in total. The van der Waals surface area contributed by atoms with Gasteiger partial charge in [0.05, 0.1) is 11.6 Å². The van der Waals surface area contributed by atoms with E-state index in [1.54, 1.807) is 6.92 Å². The van der Waals surface area contributed by atoms with E-state index in [0.29, 0.717) is 10.8 Å². The Balaban J connectivity index is 2.11. The number of benzene rings is 1. The van der Waals surface area contributed by atoms with Crippen LogP contribution in [0.4, 0.5) is 4.39 Å². The molecule has 1 heterocycles. The first-order chi connectivity index (χ1) is 10.4. The van der Waals surface area contributed by atoms with Gasteiger partial charge in [0.15, 0.2) is 5.11 Å². The number of esters is 1. The number of allylic oxidation sites excluding steroid dienone is 1. The van der Waals surface area contributed by atoms with Gasteiger partial charge in [0.1, 0.15) is 13.3 Å². The predicted molar refractivity (Wildman–Crippen MR) is 87.0 cm³/mol. The highest BCUT2D eigenvalue weighted by molar-refractivity contribution is 7.80. The molecule has 1 aliphatic rings. The van der Waals surface area contributed by atoms with Crippen molar-refractivity contribution in [3.05, 3.63) is 46.2 Å². The third-order valence-corrected chi connectivity index (χ3v) is 3.60. The van der Waals surface area contributed by atoms with Crippen molar-refractivity contribution < 1.29 is 13.9 Å². The van der Waals surface area contributed by atoms with E-state index < -0.39 is 18.7 Å². The minimum Gasteiger partial charge on any atom is -0.457 e. The molecule has 0 amide bonds. The van der Waals surface area contributed by atoms with Crippen LogP contribution >= 0.6 is 12.2 Å². The molecule has 0 saturated carbocycles. The summed E-state index contributed by atoms with van der Waals surface area (Å²) in [5.41, 5.74) is 3.90. The van der Waals surface area contributed by atoms with E-state index in [0.717, 1.165) is 16.7 Å². The number of nitrogens with one attached hydrogen (secondary N) is 2. The number of alkyl halides is 1. The van der Waals surface area contributed by atoms with E-state index in [9.17, 15) is 9.18 Å². The zero-order valence-corrected chi connectivity index (χ0v) is 13.6. The molecule has 0 aliphatic carbocycles. The molecule has 2 rings (SSSR count). The normalized spacial score (nSPS) is 17.8. The first-order valence-electron chi connectivity index (χ1n) is 6.99. The second-order valence-corrected chi connectivity index (χ2v) is 5.82. The average molecular weight is 322 g/mol. The Morgan fingerprint density at radius 2 is 1.91 bits per heavy atom. The highest BCUT2D eigenvalue weighted by Crippen LogP contribution is 2.16. The maximum atomic E-state index is 13.1. The fourth-order valence-electron chi connectivity index (χ4n) is 2.56. The van der Waals surface area contributed by atoms with Gasteiger partial charge in [-0.3, -0.25) is 0 Å². The number of aryl methyl sites for hydroxylation is 2. The van der Waals surface area contributed by atoms with Crippen molar-refractivity contribution in [2.45, 2.75) is 33.4 Å². The summed E-state index contributed by atoms with van der Waals surface area (Å²) < 4.78 is 18.4. The van der Waals surface area contributed by atoms with Crippen LogP contribution in [0.3, 0.4) is 0 Å². The molecule has 22 heavy (non-hydrogen) atoms. The summed E-state index contributed by atoms with van der Waals surface area (Å²) in [5, 5.41) is 5.86. The SMILES string of the molecule is CC1=C(C(=O)OCc2cc(C)cc(C)c2)C(CF)NC(=S)N1. The van der Waals surface area contributed by atoms with Crippen LogP contribution < -0.4 is 10.6 Å². The van der Waals surface area contributed by atoms with E-state index >= 15 is 0 Å².